The van der Waals surface area contributed by atoms with Gasteiger partial charge in [-0.05, 0) is 0 Å². The average Bonchev–Trinajstić information content (AvgIpc) is 1.94. The van der Waals surface area contributed by atoms with Gasteiger partial charge < -0.3 is 16.8 Å². The largest absolute Gasteiger partial charge is 0.679 e. The molecule has 0 spiro atoms. The van der Waals surface area contributed by atoms with Gasteiger partial charge in [0.1, 0.15) is 0 Å². The Balaban J connectivity index is 0. The minimum Gasteiger partial charge on any atom is -0.679 e. The third-order valence-electron chi connectivity index (χ3n) is 0.540. The van der Waals surface area contributed by atoms with Crippen LogP contribution in [0.4, 0.5) is 0 Å². The maximum atomic E-state index is 6.63. The summed E-state index contributed by atoms with van der Waals surface area (Å²) in [5.74, 6) is 0. The monoisotopic (exact) mass is 330 g/mol. The average molecular weight is 331 g/mol. The Hall–Kier alpha value is 0.858. The van der Waals surface area contributed by atoms with Crippen molar-refractivity contribution in [3.05, 3.63) is 16.8 Å². The number of nitrogens with one attached hydrogen (secondary N) is 2. The van der Waals surface area contributed by atoms with Crippen molar-refractivity contribution >= 4 is 9.42 Å². The molecule has 0 aromatic heterocycles. The standard InChI is InChI=1S/C4H10N3.ClH.Pt/c5-1-3-7-4-2-6;;/h5-6H,1-4H2;1H;/q-3;;+1/p-1. The van der Waals surface area contributed by atoms with Crippen LogP contribution in [0.15, 0.2) is 0 Å². The van der Waals surface area contributed by atoms with Gasteiger partial charge >= 0.3 is 28.2 Å². The number of hydrogen-bond donors (Lipinski definition) is 0. The predicted octanol–water partition coefficient (Wildman–Crippen LogP) is 2.15. The van der Waals surface area contributed by atoms with Gasteiger partial charge in [0, 0.05) is 0 Å². The van der Waals surface area contributed by atoms with E-state index in [1.807, 2.05) is 0 Å². The second-order valence-corrected chi connectivity index (χ2v) is 1.17. The topological polar surface area (TPSA) is 61.7 Å². The fourth-order valence-electron chi connectivity index (χ4n) is 0.270. The third-order valence-corrected chi connectivity index (χ3v) is 0.540. The molecule has 9 heavy (non-hydrogen) atoms. The molecule has 5 heteroatoms. The first kappa shape index (κ1) is 12.5. The van der Waals surface area contributed by atoms with E-state index < -0.39 is 0 Å². The van der Waals surface area contributed by atoms with E-state index >= 15 is 0 Å². The van der Waals surface area contributed by atoms with Crippen LogP contribution < -0.4 is 0 Å². The molecule has 0 unspecified atom stereocenters. The normalized spacial score (nSPS) is 8.11. The van der Waals surface area contributed by atoms with Crippen molar-refractivity contribution in [2.75, 3.05) is 26.2 Å². The van der Waals surface area contributed by atoms with Gasteiger partial charge in [-0.2, -0.15) is 26.2 Å². The first-order chi connectivity index (χ1) is 4.41. The van der Waals surface area contributed by atoms with Gasteiger partial charge in [0.05, 0.1) is 0 Å². The van der Waals surface area contributed by atoms with Crippen LogP contribution in [0.25, 0.3) is 16.8 Å². The maximum absolute atomic E-state index is 6.63. The first-order valence-electron chi connectivity index (χ1n) is 2.46. The Morgan fingerprint density at radius 3 is 1.67 bits per heavy atom. The van der Waals surface area contributed by atoms with Gasteiger partial charge in [0.15, 0.2) is 0 Å². The molecular weight excluding hydrogens is 321 g/mol. The van der Waals surface area contributed by atoms with Crippen molar-refractivity contribution < 1.29 is 18.8 Å². The van der Waals surface area contributed by atoms with E-state index in [1.165, 1.54) is 0 Å². The van der Waals surface area contributed by atoms with Crippen LogP contribution in [-0.4, -0.2) is 26.2 Å². The Morgan fingerprint density at radius 1 is 1.11 bits per heavy atom. The summed E-state index contributed by atoms with van der Waals surface area (Å²) >= 11 is 1.61. The molecule has 0 aromatic rings. The summed E-state index contributed by atoms with van der Waals surface area (Å²) in [6, 6.07) is 0. The molecule has 0 saturated carbocycles. The van der Waals surface area contributed by atoms with Crippen LogP contribution in [0, 0.1) is 0 Å². The van der Waals surface area contributed by atoms with Gasteiger partial charge in [-0.1, -0.05) is 0 Å². The number of nitrogens with zero attached hydrogens (tertiary/aromatic N) is 1. The molecule has 61 valence electrons. The molecule has 2 N–H and O–H groups in total. The molecule has 0 aliphatic heterocycles. The van der Waals surface area contributed by atoms with Gasteiger partial charge in [0.25, 0.3) is 0 Å². The number of rotatable bonds is 4. The summed E-state index contributed by atoms with van der Waals surface area (Å²) in [6.07, 6.45) is 0. The van der Waals surface area contributed by atoms with Crippen molar-refractivity contribution in [2.45, 2.75) is 0 Å². The van der Waals surface area contributed by atoms with Crippen molar-refractivity contribution in [3.63, 3.8) is 0 Å². The quantitative estimate of drug-likeness (QED) is 0.709. The zero-order valence-corrected chi connectivity index (χ0v) is 8.00. The summed E-state index contributed by atoms with van der Waals surface area (Å²) in [6.45, 7) is 1.91. The van der Waals surface area contributed by atoms with Gasteiger partial charge in [-0.25, -0.2) is 0 Å². The maximum Gasteiger partial charge on any atom is -0.169 e. The van der Waals surface area contributed by atoms with E-state index in [2.05, 4.69) is 14.7 Å². The SMILES string of the molecule is [Cl][Pt].[NH-]CC[N-]CC[NH-]. The van der Waals surface area contributed by atoms with Crippen molar-refractivity contribution in [2.24, 2.45) is 0 Å². The molecule has 0 atom stereocenters. The summed E-state index contributed by atoms with van der Waals surface area (Å²) in [5.41, 5.74) is 13.3. The van der Waals surface area contributed by atoms with Crippen LogP contribution in [0.1, 0.15) is 0 Å². The van der Waals surface area contributed by atoms with Crippen molar-refractivity contribution in [1.29, 1.82) is 0 Å². The molecule has 0 fully saturated rings. The first-order valence-corrected chi connectivity index (χ1v) is 5.27. The molecule has 0 rings (SSSR count). The second kappa shape index (κ2) is 15.9. The molecule has 0 aliphatic rings. The summed E-state index contributed by atoms with van der Waals surface area (Å²) in [5, 5.41) is 3.83. The van der Waals surface area contributed by atoms with Crippen LogP contribution in [-0.2, 0) is 18.8 Å². The van der Waals surface area contributed by atoms with E-state index in [4.69, 9.17) is 11.5 Å². The van der Waals surface area contributed by atoms with Crippen molar-refractivity contribution in [3.8, 4) is 0 Å². The van der Waals surface area contributed by atoms with E-state index in [-0.39, 0.29) is 0 Å². The zero-order chi connectivity index (χ0) is 7.54. The number of halogens is 1. The molecule has 0 aromatic carbocycles. The van der Waals surface area contributed by atoms with Crippen LogP contribution >= 0.6 is 9.42 Å². The minimum absolute atomic E-state index is 0.361. The molecule has 0 saturated heterocycles. The summed E-state index contributed by atoms with van der Waals surface area (Å²) in [7, 11) is 4.61. The second-order valence-electron chi connectivity index (χ2n) is 1.17. The summed E-state index contributed by atoms with van der Waals surface area (Å²) in [4.78, 5) is 0. The smallest absolute Gasteiger partial charge is 0.169 e. The van der Waals surface area contributed by atoms with Gasteiger partial charge in [0.2, 0.25) is 0 Å². The van der Waals surface area contributed by atoms with Crippen LogP contribution in [0.5, 0.6) is 0 Å². The Labute approximate surface area is 71.3 Å². The Bertz CT molecular complexity index is 35.0. The molecule has 0 bridgehead atoms. The van der Waals surface area contributed by atoms with E-state index in [0.29, 0.717) is 26.2 Å². The fraction of sp³-hybridized carbons (Fsp3) is 1.00. The zero-order valence-electron chi connectivity index (χ0n) is 4.97. The molecular formula is C4H10ClN3Pt-3. The molecule has 0 amide bonds. The molecule has 0 heterocycles. The van der Waals surface area contributed by atoms with Gasteiger partial charge in [-0.15, -0.1) is 0 Å². The summed E-state index contributed by atoms with van der Waals surface area (Å²) < 4.78 is 0. The van der Waals surface area contributed by atoms with Crippen LogP contribution in [0.2, 0.25) is 0 Å². The van der Waals surface area contributed by atoms with Gasteiger partial charge in [-0.3, -0.25) is 0 Å². The van der Waals surface area contributed by atoms with Crippen LogP contribution in [0.3, 0.4) is 0 Å². The number of hydrogen-bond acceptors (Lipinski definition) is 0. The Morgan fingerprint density at radius 2 is 1.44 bits per heavy atom. The minimum atomic E-state index is 0.361. The van der Waals surface area contributed by atoms with E-state index in [0.717, 1.165) is 0 Å². The van der Waals surface area contributed by atoms with E-state index in [9.17, 15) is 0 Å². The molecule has 0 radical (unpaired) electrons. The Kier molecular flexibility index (Phi) is 22.2. The van der Waals surface area contributed by atoms with E-state index in [1.54, 1.807) is 18.8 Å². The fourth-order valence-corrected chi connectivity index (χ4v) is 0.270. The van der Waals surface area contributed by atoms with Crippen molar-refractivity contribution in [1.82, 2.24) is 0 Å². The molecule has 0 aliphatic carbocycles. The third kappa shape index (κ3) is 17.7. The predicted molar refractivity (Wildman–Crippen MR) is 37.3 cm³/mol. The molecule has 3 nitrogen and oxygen atoms in total.